The molecule has 12 aromatic rings. The third-order valence-corrected chi connectivity index (χ3v) is 17.3. The highest BCUT2D eigenvalue weighted by Gasteiger charge is 2.47. The molecule has 370 valence electrons. The van der Waals surface area contributed by atoms with Crippen LogP contribution in [-0.2, 0) is 10.8 Å². The number of rotatable bonds is 9. The van der Waals surface area contributed by atoms with Gasteiger partial charge in [-0.15, -0.1) is 0 Å². The summed E-state index contributed by atoms with van der Waals surface area (Å²) in [6, 6.07) is 99.3. The summed E-state index contributed by atoms with van der Waals surface area (Å²) >= 11 is 0. The highest BCUT2D eigenvalue weighted by Crippen LogP contribution is 2.59. The average molecular weight is 997 g/mol. The lowest BCUT2D eigenvalue weighted by atomic mass is 9.66. The van der Waals surface area contributed by atoms with Gasteiger partial charge in [0.25, 0.3) is 0 Å². The molecular weight excluding hydrogens is 941 g/mol. The van der Waals surface area contributed by atoms with Crippen LogP contribution in [-0.4, -0.2) is 4.57 Å². The topological polar surface area (TPSA) is 8.17 Å². The fourth-order valence-corrected chi connectivity index (χ4v) is 13.9. The molecule has 0 spiro atoms. The Bertz CT molecular complexity index is 4360. The second-order valence-corrected chi connectivity index (χ2v) is 21.8. The number of allylic oxidation sites excluding steroid dienone is 4. The zero-order valence-electron chi connectivity index (χ0n) is 43.9. The van der Waals surface area contributed by atoms with Crippen LogP contribution in [0.4, 0.5) is 17.1 Å². The van der Waals surface area contributed by atoms with Crippen molar-refractivity contribution >= 4 is 50.1 Å². The van der Waals surface area contributed by atoms with Crippen molar-refractivity contribution in [3.05, 3.63) is 318 Å². The van der Waals surface area contributed by atoms with Gasteiger partial charge in [-0.1, -0.05) is 232 Å². The van der Waals surface area contributed by atoms with E-state index in [1.165, 1.54) is 117 Å². The zero-order valence-corrected chi connectivity index (χ0v) is 43.9. The van der Waals surface area contributed by atoms with Crippen molar-refractivity contribution in [3.8, 4) is 44.5 Å². The first-order valence-electron chi connectivity index (χ1n) is 27.6. The molecule has 0 N–H and O–H groups in total. The SMILES string of the molecule is CC1(C)c2ccccc2-c2cc(N(c3ccccc3)c3ccccc3-c3cccc(-c4ccc5c(c4)c4ccccc4n5C4=CC(c5cccc6c5C(c5ccccc5)(c5ccccc5)c5ccccc5-6)=CCC4)c3)ccc21. The molecule has 0 radical (unpaired) electrons. The molecule has 0 aliphatic heterocycles. The number of anilines is 3. The van der Waals surface area contributed by atoms with E-state index in [2.05, 4.69) is 302 Å². The monoisotopic (exact) mass is 996 g/mol. The molecule has 0 amide bonds. The Morgan fingerprint density at radius 2 is 0.962 bits per heavy atom. The summed E-state index contributed by atoms with van der Waals surface area (Å²) in [5.41, 5.74) is 27.1. The van der Waals surface area contributed by atoms with Gasteiger partial charge >= 0.3 is 0 Å². The molecule has 0 fully saturated rings. The Balaban J connectivity index is 0.830. The molecule has 0 atom stereocenters. The van der Waals surface area contributed by atoms with Crippen molar-refractivity contribution in [2.45, 2.75) is 37.5 Å². The normalized spacial score (nSPS) is 14.5. The van der Waals surface area contributed by atoms with Crippen molar-refractivity contribution < 1.29 is 0 Å². The molecule has 3 aliphatic carbocycles. The summed E-state index contributed by atoms with van der Waals surface area (Å²) in [4.78, 5) is 2.44. The number of hydrogen-bond donors (Lipinski definition) is 0. The van der Waals surface area contributed by atoms with Crippen LogP contribution in [0.5, 0.6) is 0 Å². The largest absolute Gasteiger partial charge is 0.313 e. The number of hydrogen-bond acceptors (Lipinski definition) is 1. The maximum absolute atomic E-state index is 2.55. The molecule has 2 nitrogen and oxygen atoms in total. The van der Waals surface area contributed by atoms with E-state index in [4.69, 9.17) is 0 Å². The summed E-state index contributed by atoms with van der Waals surface area (Å²) in [6.45, 7) is 4.70. The molecule has 0 saturated carbocycles. The Labute approximate surface area is 457 Å². The quantitative estimate of drug-likeness (QED) is 0.140. The van der Waals surface area contributed by atoms with Crippen LogP contribution in [0.15, 0.2) is 279 Å². The minimum atomic E-state index is -0.492. The Hall–Kier alpha value is -9.50. The van der Waals surface area contributed by atoms with Gasteiger partial charge in [-0.2, -0.15) is 0 Å². The van der Waals surface area contributed by atoms with Crippen LogP contribution >= 0.6 is 0 Å². The van der Waals surface area contributed by atoms with E-state index in [1.807, 2.05) is 0 Å². The Morgan fingerprint density at radius 1 is 0.385 bits per heavy atom. The second-order valence-electron chi connectivity index (χ2n) is 21.8. The molecule has 0 unspecified atom stereocenters. The molecule has 1 aromatic heterocycles. The van der Waals surface area contributed by atoms with Gasteiger partial charge in [0.2, 0.25) is 0 Å². The second kappa shape index (κ2) is 18.1. The summed E-state index contributed by atoms with van der Waals surface area (Å²) in [5, 5.41) is 2.51. The molecule has 0 bridgehead atoms. The molecular formula is C76H56N2. The summed E-state index contributed by atoms with van der Waals surface area (Å²) in [6.07, 6.45) is 6.85. The van der Waals surface area contributed by atoms with Gasteiger partial charge in [-0.25, -0.2) is 0 Å². The Morgan fingerprint density at radius 3 is 1.74 bits per heavy atom. The maximum atomic E-state index is 2.55. The summed E-state index contributed by atoms with van der Waals surface area (Å²) in [5.74, 6) is 0. The number of fused-ring (bicyclic) bond motifs is 9. The van der Waals surface area contributed by atoms with Crippen LogP contribution in [0, 0.1) is 0 Å². The predicted molar refractivity (Wildman–Crippen MR) is 328 cm³/mol. The van der Waals surface area contributed by atoms with Crippen LogP contribution in [0.1, 0.15) is 65.6 Å². The first kappa shape index (κ1) is 45.9. The fourth-order valence-electron chi connectivity index (χ4n) is 13.9. The van der Waals surface area contributed by atoms with Gasteiger partial charge in [0, 0.05) is 38.8 Å². The standard InChI is InChI=1S/C76H56N2/c1-75(2)68-39-16-12-35-63(68)66-50-59(44-45-69(66)75)77(57-30-10-5-11-31-57)71-41-18-14-33-60(71)53-24-20-23-51(47-53)52-43-46-73-67(49-52)64-36-15-19-42-72(64)78(73)58-32-21-25-54(48-58)61-37-22-38-65-62-34-13-17-40-70(62)76(74(61)65,55-26-6-3-7-27-55)56-28-8-4-9-29-56/h3-20,22-31,33-50H,21,32H2,1-2H3. The molecule has 78 heavy (non-hydrogen) atoms. The lowest BCUT2D eigenvalue weighted by molar-refractivity contribution is 0.660. The van der Waals surface area contributed by atoms with E-state index in [9.17, 15) is 0 Å². The minimum absolute atomic E-state index is 0.0659. The van der Waals surface area contributed by atoms with Gasteiger partial charge in [0.15, 0.2) is 0 Å². The minimum Gasteiger partial charge on any atom is -0.313 e. The van der Waals surface area contributed by atoms with E-state index >= 15 is 0 Å². The van der Waals surface area contributed by atoms with Crippen LogP contribution in [0.25, 0.3) is 77.6 Å². The summed E-state index contributed by atoms with van der Waals surface area (Å²) < 4.78 is 2.55. The number of nitrogens with zero attached hydrogens (tertiary/aromatic N) is 2. The van der Waals surface area contributed by atoms with E-state index in [-0.39, 0.29) is 5.41 Å². The van der Waals surface area contributed by atoms with Gasteiger partial charge in [0.1, 0.15) is 0 Å². The van der Waals surface area contributed by atoms with Crippen molar-refractivity contribution in [1.82, 2.24) is 4.57 Å². The molecule has 15 rings (SSSR count). The van der Waals surface area contributed by atoms with Crippen LogP contribution in [0.2, 0.25) is 0 Å². The highest BCUT2D eigenvalue weighted by atomic mass is 15.1. The average Bonchev–Trinajstić information content (AvgIpc) is 3.82. The van der Waals surface area contributed by atoms with E-state index < -0.39 is 5.41 Å². The van der Waals surface area contributed by atoms with Gasteiger partial charge < -0.3 is 9.47 Å². The Kier molecular flexibility index (Phi) is 10.6. The lowest BCUT2D eigenvalue weighted by Gasteiger charge is -2.35. The summed E-state index contributed by atoms with van der Waals surface area (Å²) in [7, 11) is 0. The van der Waals surface area contributed by atoms with Crippen molar-refractivity contribution in [2.24, 2.45) is 0 Å². The first-order valence-corrected chi connectivity index (χ1v) is 27.6. The highest BCUT2D eigenvalue weighted by molar-refractivity contribution is 6.12. The van der Waals surface area contributed by atoms with Crippen molar-refractivity contribution in [2.75, 3.05) is 4.90 Å². The lowest BCUT2D eigenvalue weighted by Crippen LogP contribution is -2.29. The molecule has 11 aromatic carbocycles. The molecule has 1 heterocycles. The van der Waals surface area contributed by atoms with Crippen molar-refractivity contribution in [1.29, 1.82) is 0 Å². The molecule has 2 heteroatoms. The zero-order chi connectivity index (χ0) is 52.0. The van der Waals surface area contributed by atoms with Crippen LogP contribution < -0.4 is 4.90 Å². The third-order valence-electron chi connectivity index (χ3n) is 17.3. The maximum Gasteiger partial charge on any atom is 0.0719 e. The third kappa shape index (κ3) is 6.96. The van der Waals surface area contributed by atoms with Gasteiger partial charge in [0.05, 0.1) is 22.1 Å². The smallest absolute Gasteiger partial charge is 0.0719 e. The van der Waals surface area contributed by atoms with Gasteiger partial charge in [-0.3, -0.25) is 0 Å². The van der Waals surface area contributed by atoms with E-state index in [1.54, 1.807) is 0 Å². The number of para-hydroxylation sites is 3. The number of benzene rings is 11. The van der Waals surface area contributed by atoms with E-state index in [0.717, 1.165) is 29.9 Å². The fraction of sp³-hybridized carbons (Fsp3) is 0.0789. The van der Waals surface area contributed by atoms with Crippen molar-refractivity contribution in [3.63, 3.8) is 0 Å². The number of aromatic nitrogens is 1. The molecule has 3 aliphatic rings. The van der Waals surface area contributed by atoms with Gasteiger partial charge in [-0.05, 0) is 157 Å². The van der Waals surface area contributed by atoms with Crippen LogP contribution in [0.3, 0.4) is 0 Å². The van der Waals surface area contributed by atoms with E-state index in [0.29, 0.717) is 0 Å². The predicted octanol–water partition coefficient (Wildman–Crippen LogP) is 20.0. The first-order chi connectivity index (χ1) is 38.5. The molecule has 0 saturated heterocycles.